The monoisotopic (exact) mass is 217 g/mol. The Morgan fingerprint density at radius 1 is 1.31 bits per heavy atom. The van der Waals surface area contributed by atoms with Crippen LogP contribution in [-0.2, 0) is 0 Å². The van der Waals surface area contributed by atoms with E-state index in [0.29, 0.717) is 0 Å². The van der Waals surface area contributed by atoms with Crippen molar-refractivity contribution in [2.24, 2.45) is 5.73 Å². The van der Waals surface area contributed by atoms with Crippen molar-refractivity contribution in [2.45, 2.75) is 33.6 Å². The lowest BCUT2D eigenvalue weighted by atomic mass is 9.95. The van der Waals surface area contributed by atoms with Gasteiger partial charge < -0.3 is 5.73 Å². The van der Waals surface area contributed by atoms with Crippen LogP contribution in [0.1, 0.15) is 33.6 Å². The Morgan fingerprint density at radius 2 is 2.00 bits per heavy atom. The summed E-state index contributed by atoms with van der Waals surface area (Å²) in [6.45, 7) is 9.73. The highest BCUT2D eigenvalue weighted by atomic mass is 14.6. The molecule has 0 aromatic carbocycles. The molecule has 0 fully saturated rings. The zero-order chi connectivity index (χ0) is 12.4. The van der Waals surface area contributed by atoms with Gasteiger partial charge >= 0.3 is 0 Å². The number of rotatable bonds is 3. The Hall–Kier alpha value is -1.50. The highest BCUT2D eigenvalue weighted by Crippen LogP contribution is 2.23. The minimum absolute atomic E-state index is 0.956. The topological polar surface area (TPSA) is 26.0 Å². The van der Waals surface area contributed by atoms with Crippen LogP contribution >= 0.6 is 0 Å². The van der Waals surface area contributed by atoms with Crippen LogP contribution in [0.3, 0.4) is 0 Å². The van der Waals surface area contributed by atoms with Gasteiger partial charge in [0.25, 0.3) is 0 Å². The summed E-state index contributed by atoms with van der Waals surface area (Å²) in [5, 5.41) is 0. The van der Waals surface area contributed by atoms with Gasteiger partial charge in [0.05, 0.1) is 0 Å². The van der Waals surface area contributed by atoms with Gasteiger partial charge in [0.15, 0.2) is 0 Å². The van der Waals surface area contributed by atoms with Gasteiger partial charge in [-0.15, -0.1) is 0 Å². The predicted molar refractivity (Wildman–Crippen MR) is 74.0 cm³/mol. The number of nitrogens with two attached hydrogens (primary N) is 1. The van der Waals surface area contributed by atoms with E-state index in [2.05, 4.69) is 18.7 Å². The zero-order valence-electron chi connectivity index (χ0n) is 10.7. The SMILES string of the molecule is C=C/C=C(\C=C/C)C1=CC=C(N)CC1.CC. The minimum Gasteiger partial charge on any atom is -0.402 e. The molecule has 2 N–H and O–H groups in total. The lowest BCUT2D eigenvalue weighted by Gasteiger charge is -2.12. The Bertz CT molecular complexity index is 327. The van der Waals surface area contributed by atoms with E-state index in [-0.39, 0.29) is 0 Å². The molecule has 1 aliphatic rings. The second kappa shape index (κ2) is 8.78. The van der Waals surface area contributed by atoms with Crippen LogP contribution in [0.2, 0.25) is 0 Å². The first-order valence-electron chi connectivity index (χ1n) is 5.89. The van der Waals surface area contributed by atoms with Crippen molar-refractivity contribution in [1.82, 2.24) is 0 Å². The summed E-state index contributed by atoms with van der Waals surface area (Å²) < 4.78 is 0. The van der Waals surface area contributed by atoms with E-state index < -0.39 is 0 Å². The smallest absolute Gasteiger partial charge is 0.00839 e. The highest BCUT2D eigenvalue weighted by Gasteiger charge is 2.05. The lowest BCUT2D eigenvalue weighted by Crippen LogP contribution is -2.02. The van der Waals surface area contributed by atoms with Crippen molar-refractivity contribution in [3.63, 3.8) is 0 Å². The normalized spacial score (nSPS) is 16.1. The number of allylic oxidation sites excluding steroid dienone is 9. The molecule has 1 nitrogen and oxygen atoms in total. The van der Waals surface area contributed by atoms with Gasteiger partial charge in [0, 0.05) is 5.70 Å². The molecule has 0 aliphatic heterocycles. The van der Waals surface area contributed by atoms with Gasteiger partial charge in [0.2, 0.25) is 0 Å². The fourth-order valence-electron chi connectivity index (χ4n) is 1.47. The van der Waals surface area contributed by atoms with E-state index in [1.807, 2.05) is 45.1 Å². The molecule has 0 spiro atoms. The second-order valence-corrected chi connectivity index (χ2v) is 3.29. The van der Waals surface area contributed by atoms with Crippen molar-refractivity contribution in [3.05, 3.63) is 59.9 Å². The largest absolute Gasteiger partial charge is 0.402 e. The third kappa shape index (κ3) is 4.83. The van der Waals surface area contributed by atoms with Crippen LogP contribution < -0.4 is 5.73 Å². The number of hydrogen-bond acceptors (Lipinski definition) is 1. The maximum Gasteiger partial charge on any atom is 0.00839 e. The first-order chi connectivity index (χ1) is 7.77. The summed E-state index contributed by atoms with van der Waals surface area (Å²) in [7, 11) is 0. The third-order valence-electron chi connectivity index (χ3n) is 2.20. The molecule has 0 bridgehead atoms. The summed E-state index contributed by atoms with van der Waals surface area (Å²) >= 11 is 0. The Morgan fingerprint density at radius 3 is 2.44 bits per heavy atom. The summed E-state index contributed by atoms with van der Waals surface area (Å²) in [5.41, 5.74) is 9.23. The highest BCUT2D eigenvalue weighted by molar-refractivity contribution is 5.45. The van der Waals surface area contributed by atoms with Crippen molar-refractivity contribution in [3.8, 4) is 0 Å². The van der Waals surface area contributed by atoms with Gasteiger partial charge in [-0.3, -0.25) is 0 Å². The molecule has 16 heavy (non-hydrogen) atoms. The van der Waals surface area contributed by atoms with Gasteiger partial charge in [-0.25, -0.2) is 0 Å². The Labute approximate surface area is 99.7 Å². The Kier molecular flexibility index (Phi) is 7.96. The standard InChI is InChI=1S/C13H17N.C2H6/c1-3-5-11(6-4-2)12-7-9-13(14)10-8-12;1-2/h3-7,9H,1,8,10,14H2,2H3;1-2H3/b6-4-,11-5+;. The molecule has 0 aromatic rings. The van der Waals surface area contributed by atoms with E-state index in [9.17, 15) is 0 Å². The van der Waals surface area contributed by atoms with E-state index >= 15 is 0 Å². The fourth-order valence-corrected chi connectivity index (χ4v) is 1.47. The first kappa shape index (κ1) is 14.5. The molecule has 0 radical (unpaired) electrons. The third-order valence-corrected chi connectivity index (χ3v) is 2.20. The molecule has 1 heteroatoms. The quantitative estimate of drug-likeness (QED) is 0.702. The van der Waals surface area contributed by atoms with Gasteiger partial charge in [-0.2, -0.15) is 0 Å². The fraction of sp³-hybridized carbons (Fsp3) is 0.333. The molecule has 0 unspecified atom stereocenters. The van der Waals surface area contributed by atoms with E-state index in [1.54, 1.807) is 0 Å². The van der Waals surface area contributed by atoms with Crippen LogP contribution in [0.4, 0.5) is 0 Å². The maximum atomic E-state index is 5.70. The molecule has 88 valence electrons. The van der Waals surface area contributed by atoms with E-state index in [0.717, 1.165) is 18.5 Å². The van der Waals surface area contributed by atoms with E-state index in [4.69, 9.17) is 5.73 Å². The molecular weight excluding hydrogens is 194 g/mol. The molecule has 0 atom stereocenters. The molecule has 0 saturated heterocycles. The van der Waals surface area contributed by atoms with Crippen LogP contribution in [0.15, 0.2) is 59.9 Å². The lowest BCUT2D eigenvalue weighted by molar-refractivity contribution is 0.904. The molecule has 0 saturated carbocycles. The summed E-state index contributed by atoms with van der Waals surface area (Å²) in [5.74, 6) is 0. The summed E-state index contributed by atoms with van der Waals surface area (Å²) in [6, 6.07) is 0. The van der Waals surface area contributed by atoms with Crippen LogP contribution in [-0.4, -0.2) is 0 Å². The van der Waals surface area contributed by atoms with Crippen molar-refractivity contribution >= 4 is 0 Å². The predicted octanol–water partition coefficient (Wildman–Crippen LogP) is 4.26. The van der Waals surface area contributed by atoms with Crippen molar-refractivity contribution in [1.29, 1.82) is 0 Å². The molecule has 0 heterocycles. The summed E-state index contributed by atoms with van der Waals surface area (Å²) in [4.78, 5) is 0. The van der Waals surface area contributed by atoms with E-state index in [1.165, 1.54) is 11.1 Å². The maximum absolute atomic E-state index is 5.70. The molecule has 1 aliphatic carbocycles. The van der Waals surface area contributed by atoms with Gasteiger partial charge in [-0.1, -0.05) is 50.8 Å². The van der Waals surface area contributed by atoms with Crippen LogP contribution in [0.25, 0.3) is 0 Å². The number of hydrogen-bond donors (Lipinski definition) is 1. The second-order valence-electron chi connectivity index (χ2n) is 3.29. The molecule has 1 rings (SSSR count). The molecule has 0 aromatic heterocycles. The average Bonchev–Trinajstić information content (AvgIpc) is 2.32. The zero-order valence-corrected chi connectivity index (χ0v) is 10.7. The Balaban J connectivity index is 0.00000106. The van der Waals surface area contributed by atoms with Crippen molar-refractivity contribution < 1.29 is 0 Å². The molecular formula is C15H23N. The summed E-state index contributed by atoms with van der Waals surface area (Å²) in [6.07, 6.45) is 14.0. The minimum atomic E-state index is 0.956. The van der Waals surface area contributed by atoms with Crippen molar-refractivity contribution in [2.75, 3.05) is 0 Å². The first-order valence-corrected chi connectivity index (χ1v) is 5.89. The van der Waals surface area contributed by atoms with Gasteiger partial charge in [0.1, 0.15) is 0 Å². The average molecular weight is 217 g/mol. The van der Waals surface area contributed by atoms with Crippen LogP contribution in [0.5, 0.6) is 0 Å². The molecule has 0 amide bonds. The van der Waals surface area contributed by atoms with Crippen LogP contribution in [0, 0.1) is 0 Å². The van der Waals surface area contributed by atoms with Gasteiger partial charge in [-0.05, 0) is 37.0 Å².